The van der Waals surface area contributed by atoms with Gasteiger partial charge in [0, 0.05) is 40.9 Å². The van der Waals surface area contributed by atoms with Crippen LogP contribution in [0.3, 0.4) is 0 Å². The van der Waals surface area contributed by atoms with Gasteiger partial charge in [0.2, 0.25) is 12.7 Å². The molecule has 1 saturated heterocycles. The number of nitrogens with zero attached hydrogens (tertiary/aromatic N) is 3. The highest BCUT2D eigenvalue weighted by atomic mass is 16.7. The molecule has 6 atom stereocenters. The lowest BCUT2D eigenvalue weighted by molar-refractivity contribution is -0.123. The van der Waals surface area contributed by atoms with E-state index < -0.39 is 18.1 Å². The van der Waals surface area contributed by atoms with Crippen LogP contribution in [-0.2, 0) is 17.6 Å². The number of carbonyl (C=O) groups excluding carboxylic acids is 1. The van der Waals surface area contributed by atoms with Gasteiger partial charge < -0.3 is 30.7 Å². The summed E-state index contributed by atoms with van der Waals surface area (Å²) in [6.07, 6.45) is 1.04. The Hall–Kier alpha value is -3.52. The molecule has 206 valence electrons. The first kappa shape index (κ1) is 25.7. The molecule has 1 fully saturated rings. The van der Waals surface area contributed by atoms with E-state index in [1.165, 1.54) is 0 Å². The van der Waals surface area contributed by atoms with Gasteiger partial charge >= 0.3 is 0 Å². The molecule has 0 radical (unpaired) electrons. The molecule has 10 nitrogen and oxygen atoms in total. The second kappa shape index (κ2) is 9.01. The van der Waals surface area contributed by atoms with Crippen molar-refractivity contribution in [1.29, 1.82) is 5.26 Å². The maximum absolute atomic E-state index is 12.6. The quantitative estimate of drug-likeness (QED) is 0.465. The van der Waals surface area contributed by atoms with Crippen LogP contribution in [0, 0.1) is 32.1 Å². The van der Waals surface area contributed by atoms with Gasteiger partial charge in [-0.2, -0.15) is 5.26 Å². The number of hydrogen-bond acceptors (Lipinski definition) is 9. The number of aryl methyl sites for hydroxylation is 1. The van der Waals surface area contributed by atoms with Crippen LogP contribution in [0.25, 0.3) is 0 Å². The highest BCUT2D eigenvalue weighted by Gasteiger charge is 2.56. The summed E-state index contributed by atoms with van der Waals surface area (Å²) in [6, 6.07) is 2.38. The van der Waals surface area contributed by atoms with Crippen LogP contribution in [0.4, 0.5) is 0 Å². The van der Waals surface area contributed by atoms with E-state index in [2.05, 4.69) is 27.3 Å². The van der Waals surface area contributed by atoms with E-state index in [9.17, 15) is 20.3 Å². The van der Waals surface area contributed by atoms with Crippen molar-refractivity contribution in [2.45, 2.75) is 76.8 Å². The zero-order valence-electron chi connectivity index (χ0n) is 22.9. The van der Waals surface area contributed by atoms with Gasteiger partial charge in [-0.3, -0.25) is 14.6 Å². The lowest BCUT2D eigenvalue weighted by Crippen LogP contribution is -2.68. The molecule has 5 N–H and O–H groups in total. The monoisotopic (exact) mass is 533 g/mol. The first-order valence-corrected chi connectivity index (χ1v) is 13.4. The SMILES string of the molecule is Cc1cc2c(c(O)c1C)[C@@H]1C3Cc4c(O)c(C)c5c(c4[C@H](CNC(=O)[C@@H](C)N)N3[C@@H](C#N)[C@H](C2)N1C)OCO5. The smallest absolute Gasteiger partial charge is 0.236 e. The van der Waals surface area contributed by atoms with E-state index in [0.717, 1.165) is 33.4 Å². The van der Waals surface area contributed by atoms with Gasteiger partial charge in [-0.05, 0) is 64.3 Å². The highest BCUT2D eigenvalue weighted by molar-refractivity contribution is 5.81. The van der Waals surface area contributed by atoms with E-state index in [1.54, 1.807) is 13.8 Å². The standard InChI is InChI=1S/C29H35N5O5/c1-12-6-16-7-18-20(9-30)34-19(24(33(18)5)22(16)26(36)13(12)2)8-17-23(21(34)10-32-29(37)15(4)31)28-27(38-11-39-28)14(3)25(17)35/h6,15,18-21,24,35-36H,7-8,10-11,31H2,1-5H3,(H,32,37)/t15-,18+,19?,20+,21+,24+/m1/s1. The number of rotatable bonds is 3. The summed E-state index contributed by atoms with van der Waals surface area (Å²) >= 11 is 0. The average molecular weight is 534 g/mol. The largest absolute Gasteiger partial charge is 0.507 e. The third-order valence-corrected chi connectivity index (χ3v) is 9.34. The van der Waals surface area contributed by atoms with Crippen LogP contribution < -0.4 is 20.5 Å². The molecule has 1 unspecified atom stereocenters. The Morgan fingerprint density at radius 1 is 1.15 bits per heavy atom. The molecule has 2 aromatic carbocycles. The summed E-state index contributed by atoms with van der Waals surface area (Å²) < 4.78 is 11.7. The van der Waals surface area contributed by atoms with Crippen molar-refractivity contribution in [1.82, 2.24) is 15.1 Å². The van der Waals surface area contributed by atoms with Crippen LogP contribution in [0.2, 0.25) is 0 Å². The fourth-order valence-electron chi connectivity index (χ4n) is 7.27. The van der Waals surface area contributed by atoms with Gasteiger partial charge in [0.1, 0.15) is 17.5 Å². The number of hydrogen-bond donors (Lipinski definition) is 4. The van der Waals surface area contributed by atoms with Crippen LogP contribution >= 0.6 is 0 Å². The minimum Gasteiger partial charge on any atom is -0.507 e. The predicted molar refractivity (Wildman–Crippen MR) is 143 cm³/mol. The Morgan fingerprint density at radius 2 is 1.87 bits per heavy atom. The number of fused-ring (bicyclic) bond motifs is 9. The van der Waals surface area contributed by atoms with Crippen LogP contribution in [0.1, 0.15) is 58.0 Å². The molecule has 4 aliphatic rings. The fraction of sp³-hybridized carbons (Fsp3) is 0.517. The van der Waals surface area contributed by atoms with Gasteiger partial charge in [0.25, 0.3) is 0 Å². The molecule has 0 aromatic heterocycles. The number of piperazine rings is 1. The zero-order chi connectivity index (χ0) is 27.9. The second-order valence-electron chi connectivity index (χ2n) is 11.4. The van der Waals surface area contributed by atoms with E-state index in [-0.39, 0.29) is 48.9 Å². The molecular formula is C29H35N5O5. The molecule has 10 heteroatoms. The Bertz CT molecular complexity index is 1430. The number of nitrogens with two attached hydrogens (primary N) is 1. The number of aromatic hydroxyl groups is 2. The van der Waals surface area contributed by atoms with Gasteiger partial charge in [0.05, 0.1) is 24.2 Å². The number of ether oxygens (including phenoxy) is 2. The van der Waals surface area contributed by atoms with Crippen molar-refractivity contribution in [3.63, 3.8) is 0 Å². The van der Waals surface area contributed by atoms with Crippen LogP contribution in [-0.4, -0.2) is 70.5 Å². The first-order valence-electron chi connectivity index (χ1n) is 13.4. The normalized spacial score (nSPS) is 27.7. The molecular weight excluding hydrogens is 498 g/mol. The Labute approximate surface area is 227 Å². The lowest BCUT2D eigenvalue weighted by Gasteiger charge is -2.60. The summed E-state index contributed by atoms with van der Waals surface area (Å²) in [7, 11) is 2.02. The fourth-order valence-corrected chi connectivity index (χ4v) is 7.27. The summed E-state index contributed by atoms with van der Waals surface area (Å²) in [4.78, 5) is 17.0. The Kier molecular flexibility index (Phi) is 5.95. The molecule has 6 rings (SSSR count). The van der Waals surface area contributed by atoms with Crippen molar-refractivity contribution in [3.8, 4) is 29.1 Å². The molecule has 2 bridgehead atoms. The van der Waals surface area contributed by atoms with Gasteiger partial charge in [-0.15, -0.1) is 0 Å². The van der Waals surface area contributed by atoms with E-state index in [4.69, 9.17) is 15.2 Å². The number of likely N-dealkylation sites (N-methyl/N-ethyl adjacent to an activating group) is 1. The van der Waals surface area contributed by atoms with Gasteiger partial charge in [0.15, 0.2) is 11.5 Å². The van der Waals surface area contributed by atoms with Crippen molar-refractivity contribution in [2.75, 3.05) is 20.4 Å². The van der Waals surface area contributed by atoms with E-state index in [0.29, 0.717) is 29.9 Å². The summed E-state index contributed by atoms with van der Waals surface area (Å²) in [6.45, 7) is 7.55. The highest BCUT2D eigenvalue weighted by Crippen LogP contribution is 2.57. The number of carbonyl (C=O) groups is 1. The lowest BCUT2D eigenvalue weighted by atomic mass is 9.71. The molecule has 1 amide bonds. The van der Waals surface area contributed by atoms with Gasteiger partial charge in [-0.1, -0.05) is 6.07 Å². The number of phenolic OH excluding ortho intramolecular Hbond substituents is 2. The number of amides is 1. The summed E-state index contributed by atoms with van der Waals surface area (Å²) in [5.74, 6) is 1.16. The summed E-state index contributed by atoms with van der Waals surface area (Å²) in [5.41, 5.74) is 11.7. The molecule has 0 saturated carbocycles. The number of nitriles is 1. The minimum absolute atomic E-state index is 0.0317. The van der Waals surface area contributed by atoms with Crippen LogP contribution in [0.15, 0.2) is 6.07 Å². The van der Waals surface area contributed by atoms with Crippen LogP contribution in [0.5, 0.6) is 23.0 Å². The van der Waals surface area contributed by atoms with E-state index >= 15 is 0 Å². The molecule has 39 heavy (non-hydrogen) atoms. The maximum atomic E-state index is 12.6. The van der Waals surface area contributed by atoms with Crippen molar-refractivity contribution < 1.29 is 24.5 Å². The molecule has 0 spiro atoms. The molecule has 4 aliphatic heterocycles. The molecule has 2 aromatic rings. The summed E-state index contributed by atoms with van der Waals surface area (Å²) in [5, 5.41) is 36.4. The molecule has 0 aliphatic carbocycles. The maximum Gasteiger partial charge on any atom is 0.236 e. The van der Waals surface area contributed by atoms with Gasteiger partial charge in [-0.25, -0.2) is 0 Å². The first-order chi connectivity index (χ1) is 18.6. The number of benzene rings is 2. The number of nitrogens with one attached hydrogen (secondary N) is 1. The van der Waals surface area contributed by atoms with Crippen molar-refractivity contribution >= 4 is 5.91 Å². The third kappa shape index (κ3) is 3.53. The van der Waals surface area contributed by atoms with Crippen molar-refractivity contribution in [2.24, 2.45) is 5.73 Å². The third-order valence-electron chi connectivity index (χ3n) is 9.34. The predicted octanol–water partition coefficient (Wildman–Crippen LogP) is 1.99. The second-order valence-corrected chi connectivity index (χ2v) is 11.4. The molecule has 4 heterocycles. The Balaban J connectivity index is 1.58. The topological polar surface area (TPSA) is 144 Å². The minimum atomic E-state index is -0.700. The number of phenols is 2. The average Bonchev–Trinajstić information content (AvgIpc) is 3.39. The van der Waals surface area contributed by atoms with E-state index in [1.807, 2.05) is 20.9 Å². The Morgan fingerprint density at radius 3 is 2.56 bits per heavy atom. The zero-order valence-corrected chi connectivity index (χ0v) is 22.9. The van der Waals surface area contributed by atoms with Crippen molar-refractivity contribution in [3.05, 3.63) is 45.0 Å².